The molecule has 0 N–H and O–H groups in total. The third-order valence-electron chi connectivity index (χ3n) is 2.86. The highest BCUT2D eigenvalue weighted by molar-refractivity contribution is 4.73. The van der Waals surface area contributed by atoms with Crippen molar-refractivity contribution < 1.29 is 4.74 Å². The summed E-state index contributed by atoms with van der Waals surface area (Å²) in [5.41, 5.74) is 0. The zero-order chi connectivity index (χ0) is 11.3. The van der Waals surface area contributed by atoms with Gasteiger partial charge in [0.15, 0.2) is 0 Å². The summed E-state index contributed by atoms with van der Waals surface area (Å²) in [6, 6.07) is 0. The number of hydrogen-bond donors (Lipinski definition) is 0. The van der Waals surface area contributed by atoms with Gasteiger partial charge in [0, 0.05) is 26.2 Å². The van der Waals surface area contributed by atoms with E-state index in [9.17, 15) is 0 Å². The van der Waals surface area contributed by atoms with E-state index in [4.69, 9.17) is 4.74 Å². The van der Waals surface area contributed by atoms with E-state index in [2.05, 4.69) is 37.6 Å². The van der Waals surface area contributed by atoms with Crippen LogP contribution in [0.3, 0.4) is 0 Å². The van der Waals surface area contributed by atoms with Crippen LogP contribution in [0, 0.1) is 5.92 Å². The van der Waals surface area contributed by atoms with Crippen molar-refractivity contribution in [1.82, 2.24) is 9.80 Å². The van der Waals surface area contributed by atoms with E-state index in [0.29, 0.717) is 6.10 Å². The van der Waals surface area contributed by atoms with E-state index in [1.807, 2.05) is 0 Å². The standard InChI is InChI=1S/C12H26N2O/c1-5-14-6-7-15-12(10-14)9-13(4)8-11(2)3/h11-12H,5-10H2,1-4H3. The van der Waals surface area contributed by atoms with Gasteiger partial charge in [-0.3, -0.25) is 4.90 Å². The molecule has 90 valence electrons. The Bertz CT molecular complexity index is 173. The molecule has 1 aliphatic heterocycles. The molecule has 1 heterocycles. The second kappa shape index (κ2) is 6.46. The number of morpholine rings is 1. The van der Waals surface area contributed by atoms with Gasteiger partial charge in [-0.05, 0) is 19.5 Å². The van der Waals surface area contributed by atoms with Gasteiger partial charge < -0.3 is 9.64 Å². The van der Waals surface area contributed by atoms with Crippen molar-refractivity contribution in [3.05, 3.63) is 0 Å². The molecule has 1 aliphatic rings. The summed E-state index contributed by atoms with van der Waals surface area (Å²) >= 11 is 0. The van der Waals surface area contributed by atoms with Gasteiger partial charge in [-0.1, -0.05) is 20.8 Å². The molecule has 0 saturated carbocycles. The predicted octanol–water partition coefficient (Wildman–Crippen LogP) is 1.29. The van der Waals surface area contributed by atoms with Crippen molar-refractivity contribution in [2.45, 2.75) is 26.9 Å². The number of nitrogens with zero attached hydrogens (tertiary/aromatic N) is 2. The molecule has 1 saturated heterocycles. The molecular weight excluding hydrogens is 188 g/mol. The molecule has 1 atom stereocenters. The van der Waals surface area contributed by atoms with E-state index in [0.717, 1.165) is 45.2 Å². The zero-order valence-corrected chi connectivity index (χ0v) is 10.7. The van der Waals surface area contributed by atoms with Crippen LogP contribution >= 0.6 is 0 Å². The SMILES string of the molecule is CCN1CCOC(CN(C)CC(C)C)C1. The van der Waals surface area contributed by atoms with Gasteiger partial charge >= 0.3 is 0 Å². The number of ether oxygens (including phenoxy) is 1. The van der Waals surface area contributed by atoms with Crippen LogP contribution < -0.4 is 0 Å². The first-order valence-electron chi connectivity index (χ1n) is 6.14. The Morgan fingerprint density at radius 1 is 1.47 bits per heavy atom. The van der Waals surface area contributed by atoms with Crippen LogP contribution in [0.25, 0.3) is 0 Å². The fourth-order valence-corrected chi connectivity index (χ4v) is 2.22. The quantitative estimate of drug-likeness (QED) is 0.686. The van der Waals surface area contributed by atoms with Gasteiger partial charge in [0.2, 0.25) is 0 Å². The molecule has 1 fully saturated rings. The Labute approximate surface area is 94.4 Å². The minimum absolute atomic E-state index is 0.405. The summed E-state index contributed by atoms with van der Waals surface area (Å²) in [6.45, 7) is 13.2. The Hall–Kier alpha value is -0.120. The first kappa shape index (κ1) is 12.9. The van der Waals surface area contributed by atoms with Gasteiger partial charge in [0.05, 0.1) is 12.7 Å². The average molecular weight is 214 g/mol. The lowest BCUT2D eigenvalue weighted by atomic mass is 10.2. The van der Waals surface area contributed by atoms with E-state index in [-0.39, 0.29) is 0 Å². The van der Waals surface area contributed by atoms with Crippen LogP contribution in [0.5, 0.6) is 0 Å². The monoisotopic (exact) mass is 214 g/mol. The molecular formula is C12H26N2O. The molecule has 1 rings (SSSR count). The van der Waals surface area contributed by atoms with E-state index in [1.165, 1.54) is 0 Å². The van der Waals surface area contributed by atoms with Crippen LogP contribution in [-0.2, 0) is 4.74 Å². The lowest BCUT2D eigenvalue weighted by molar-refractivity contribution is -0.0397. The highest BCUT2D eigenvalue weighted by Gasteiger charge is 2.20. The summed E-state index contributed by atoms with van der Waals surface area (Å²) < 4.78 is 5.78. The summed E-state index contributed by atoms with van der Waals surface area (Å²) in [5, 5.41) is 0. The van der Waals surface area contributed by atoms with Crippen molar-refractivity contribution in [3.63, 3.8) is 0 Å². The van der Waals surface area contributed by atoms with E-state index in [1.54, 1.807) is 0 Å². The van der Waals surface area contributed by atoms with Crippen LogP contribution in [0.2, 0.25) is 0 Å². The van der Waals surface area contributed by atoms with Crippen LogP contribution in [-0.4, -0.2) is 62.3 Å². The van der Waals surface area contributed by atoms with Crippen molar-refractivity contribution in [1.29, 1.82) is 0 Å². The molecule has 0 aromatic carbocycles. The molecule has 0 aromatic rings. The van der Waals surface area contributed by atoms with Crippen LogP contribution in [0.4, 0.5) is 0 Å². The molecule has 3 heteroatoms. The Balaban J connectivity index is 2.25. The third kappa shape index (κ3) is 4.96. The minimum atomic E-state index is 0.405. The molecule has 0 spiro atoms. The Morgan fingerprint density at radius 3 is 2.80 bits per heavy atom. The summed E-state index contributed by atoms with van der Waals surface area (Å²) in [5.74, 6) is 0.737. The van der Waals surface area contributed by atoms with Gasteiger partial charge in [0.1, 0.15) is 0 Å². The molecule has 0 aliphatic carbocycles. The topological polar surface area (TPSA) is 15.7 Å². The average Bonchev–Trinajstić information content (AvgIpc) is 2.16. The maximum atomic E-state index is 5.78. The summed E-state index contributed by atoms with van der Waals surface area (Å²) in [6.07, 6.45) is 0.405. The van der Waals surface area contributed by atoms with Gasteiger partial charge in [-0.2, -0.15) is 0 Å². The van der Waals surface area contributed by atoms with Crippen molar-refractivity contribution >= 4 is 0 Å². The highest BCUT2D eigenvalue weighted by Crippen LogP contribution is 2.07. The highest BCUT2D eigenvalue weighted by atomic mass is 16.5. The second-order valence-corrected chi connectivity index (χ2v) is 5.00. The fraction of sp³-hybridized carbons (Fsp3) is 1.00. The molecule has 1 unspecified atom stereocenters. The third-order valence-corrected chi connectivity index (χ3v) is 2.86. The molecule has 0 radical (unpaired) electrons. The fourth-order valence-electron chi connectivity index (χ4n) is 2.22. The Kier molecular flexibility index (Phi) is 5.58. The molecule has 0 amide bonds. The largest absolute Gasteiger partial charge is 0.374 e. The number of rotatable bonds is 5. The van der Waals surface area contributed by atoms with E-state index >= 15 is 0 Å². The van der Waals surface area contributed by atoms with Crippen molar-refractivity contribution in [2.75, 3.05) is 46.4 Å². The smallest absolute Gasteiger partial charge is 0.0829 e. The van der Waals surface area contributed by atoms with E-state index < -0.39 is 0 Å². The van der Waals surface area contributed by atoms with Gasteiger partial charge in [0.25, 0.3) is 0 Å². The van der Waals surface area contributed by atoms with Crippen molar-refractivity contribution in [2.24, 2.45) is 5.92 Å². The lowest BCUT2D eigenvalue weighted by Crippen LogP contribution is -2.47. The number of hydrogen-bond acceptors (Lipinski definition) is 3. The second-order valence-electron chi connectivity index (χ2n) is 5.00. The van der Waals surface area contributed by atoms with Crippen molar-refractivity contribution in [3.8, 4) is 0 Å². The molecule has 3 nitrogen and oxygen atoms in total. The van der Waals surface area contributed by atoms with Gasteiger partial charge in [-0.25, -0.2) is 0 Å². The summed E-state index contributed by atoms with van der Waals surface area (Å²) in [4.78, 5) is 4.85. The maximum absolute atomic E-state index is 5.78. The predicted molar refractivity (Wildman–Crippen MR) is 64.2 cm³/mol. The minimum Gasteiger partial charge on any atom is -0.374 e. The first-order valence-corrected chi connectivity index (χ1v) is 6.14. The zero-order valence-electron chi connectivity index (χ0n) is 10.7. The normalized spacial score (nSPS) is 24.0. The molecule has 15 heavy (non-hydrogen) atoms. The van der Waals surface area contributed by atoms with Crippen LogP contribution in [0.15, 0.2) is 0 Å². The first-order chi connectivity index (χ1) is 7.11. The summed E-state index contributed by atoms with van der Waals surface area (Å²) in [7, 11) is 2.19. The lowest BCUT2D eigenvalue weighted by Gasteiger charge is -2.34. The van der Waals surface area contributed by atoms with Crippen LogP contribution in [0.1, 0.15) is 20.8 Å². The number of likely N-dealkylation sites (N-methyl/N-ethyl adjacent to an activating group) is 2. The van der Waals surface area contributed by atoms with Gasteiger partial charge in [-0.15, -0.1) is 0 Å². The molecule has 0 bridgehead atoms. The molecule has 0 aromatic heterocycles. The maximum Gasteiger partial charge on any atom is 0.0829 e. The Morgan fingerprint density at radius 2 is 2.20 bits per heavy atom.